The Balaban J connectivity index is 1.41. The summed E-state index contributed by atoms with van der Waals surface area (Å²) in [4.78, 5) is 16.0. The third-order valence-electron chi connectivity index (χ3n) is 6.68. The van der Waals surface area contributed by atoms with Crippen molar-refractivity contribution in [3.05, 3.63) is 65.7 Å². The van der Waals surface area contributed by atoms with E-state index in [4.69, 9.17) is 4.74 Å². The Morgan fingerprint density at radius 3 is 2.34 bits per heavy atom. The molecule has 184 valence electrons. The molecule has 0 unspecified atom stereocenters. The summed E-state index contributed by atoms with van der Waals surface area (Å²) in [7, 11) is 0.0138. The second-order valence-corrected chi connectivity index (χ2v) is 10.9. The number of rotatable bonds is 4. The van der Waals surface area contributed by atoms with E-state index in [-0.39, 0.29) is 30.3 Å². The van der Waals surface area contributed by atoms with Crippen LogP contribution in [0, 0.1) is 11.6 Å². The summed E-state index contributed by atoms with van der Waals surface area (Å²) >= 11 is 0. The number of fused-ring (bicyclic) bond motifs is 2. The predicted molar refractivity (Wildman–Crippen MR) is 129 cm³/mol. The van der Waals surface area contributed by atoms with Crippen molar-refractivity contribution < 1.29 is 26.7 Å². The number of carbonyl (C=O) groups is 1. The van der Waals surface area contributed by atoms with Crippen LogP contribution in [0.5, 0.6) is 0 Å². The topological polar surface area (TPSA) is 70.2 Å². The molecule has 0 spiro atoms. The van der Waals surface area contributed by atoms with E-state index >= 15 is 0 Å². The zero-order valence-corrected chi connectivity index (χ0v) is 20.2. The van der Waals surface area contributed by atoms with Crippen LogP contribution in [-0.4, -0.2) is 52.0 Å². The molecule has 1 amide bonds. The van der Waals surface area contributed by atoms with Crippen LogP contribution in [0.25, 0.3) is 10.8 Å². The number of carbonyl (C=O) groups excluding carboxylic acids is 1. The zero-order chi connectivity index (χ0) is 24.9. The standard InChI is InChI=1S/C25H25F2N3O4S/c1-28(2)22-7-3-6-19-18(22)5-4-8-24(19)35(32,33)29-11-9-17(10-12-29)30-23-14-21(27)20(26)13-16(23)15-34-25(30)31/h3-8,13-14,17H,9-12,15H2,1-2H3. The molecule has 2 heterocycles. The van der Waals surface area contributed by atoms with E-state index in [0.29, 0.717) is 23.8 Å². The quantitative estimate of drug-likeness (QED) is 0.527. The summed E-state index contributed by atoms with van der Waals surface area (Å²) in [5, 5.41) is 1.49. The van der Waals surface area contributed by atoms with Crippen LogP contribution in [0.4, 0.5) is 25.0 Å². The molecule has 0 saturated carbocycles. The molecule has 3 aromatic carbocycles. The number of anilines is 2. The molecule has 0 bridgehead atoms. The van der Waals surface area contributed by atoms with E-state index < -0.39 is 33.8 Å². The molecule has 0 atom stereocenters. The van der Waals surface area contributed by atoms with Crippen LogP contribution < -0.4 is 9.80 Å². The van der Waals surface area contributed by atoms with Gasteiger partial charge in [0.25, 0.3) is 0 Å². The van der Waals surface area contributed by atoms with Crippen LogP contribution in [0.1, 0.15) is 18.4 Å². The maximum absolute atomic E-state index is 13.9. The van der Waals surface area contributed by atoms with Gasteiger partial charge in [0.2, 0.25) is 10.0 Å². The summed E-state index contributed by atoms with van der Waals surface area (Å²) in [5.74, 6) is -2.05. The van der Waals surface area contributed by atoms with E-state index in [1.54, 1.807) is 18.2 Å². The summed E-state index contributed by atoms with van der Waals surface area (Å²) in [6.07, 6.45) is 0.0242. The number of nitrogens with zero attached hydrogens (tertiary/aromatic N) is 3. The second kappa shape index (κ2) is 8.76. The van der Waals surface area contributed by atoms with Gasteiger partial charge in [-0.05, 0) is 31.0 Å². The molecule has 1 fully saturated rings. The normalized spacial score (nSPS) is 17.4. The lowest BCUT2D eigenvalue weighted by Crippen LogP contribution is -2.50. The fourth-order valence-electron chi connectivity index (χ4n) is 4.93. The fourth-order valence-corrected chi connectivity index (χ4v) is 6.61. The number of piperidine rings is 1. The van der Waals surface area contributed by atoms with Gasteiger partial charge in [-0.25, -0.2) is 22.0 Å². The highest BCUT2D eigenvalue weighted by atomic mass is 32.2. The number of hydrogen-bond donors (Lipinski definition) is 0. The third kappa shape index (κ3) is 4.00. The Bertz CT molecular complexity index is 1420. The molecule has 0 radical (unpaired) electrons. The zero-order valence-electron chi connectivity index (χ0n) is 19.4. The highest BCUT2D eigenvalue weighted by Crippen LogP contribution is 2.36. The Morgan fingerprint density at radius 1 is 0.971 bits per heavy atom. The van der Waals surface area contributed by atoms with Gasteiger partial charge in [0.05, 0.1) is 10.6 Å². The van der Waals surface area contributed by atoms with Crippen molar-refractivity contribution in [2.24, 2.45) is 0 Å². The number of cyclic esters (lactones) is 1. The number of hydrogen-bond acceptors (Lipinski definition) is 5. The first-order valence-electron chi connectivity index (χ1n) is 11.3. The molecule has 3 aromatic rings. The molecule has 2 aliphatic heterocycles. The van der Waals surface area contributed by atoms with Gasteiger partial charge in [0.15, 0.2) is 11.6 Å². The molecule has 5 rings (SSSR count). The molecular weight excluding hydrogens is 476 g/mol. The van der Waals surface area contributed by atoms with Gasteiger partial charge in [0, 0.05) is 61.3 Å². The van der Waals surface area contributed by atoms with Gasteiger partial charge < -0.3 is 9.64 Å². The van der Waals surface area contributed by atoms with Crippen LogP contribution in [0.2, 0.25) is 0 Å². The molecule has 1 saturated heterocycles. The first-order valence-corrected chi connectivity index (χ1v) is 12.8. The Kier molecular flexibility index (Phi) is 5.88. The van der Waals surface area contributed by atoms with Gasteiger partial charge in [-0.1, -0.05) is 24.3 Å². The van der Waals surface area contributed by atoms with Crippen molar-refractivity contribution >= 4 is 38.3 Å². The SMILES string of the molecule is CN(C)c1cccc2c(S(=O)(=O)N3CCC(N4C(=O)OCc5cc(F)c(F)cc54)CC3)cccc12. The summed E-state index contributed by atoms with van der Waals surface area (Å²) in [5.41, 5.74) is 1.57. The molecule has 10 heteroatoms. The Labute approximate surface area is 202 Å². The smallest absolute Gasteiger partial charge is 0.414 e. The summed E-state index contributed by atoms with van der Waals surface area (Å²) in [6, 6.07) is 12.5. The molecule has 2 aliphatic rings. The van der Waals surface area contributed by atoms with Gasteiger partial charge in [-0.2, -0.15) is 4.31 Å². The minimum Gasteiger partial charge on any atom is -0.444 e. The highest BCUT2D eigenvalue weighted by molar-refractivity contribution is 7.89. The van der Waals surface area contributed by atoms with E-state index in [0.717, 1.165) is 23.2 Å². The van der Waals surface area contributed by atoms with Crippen molar-refractivity contribution in [2.75, 3.05) is 37.0 Å². The van der Waals surface area contributed by atoms with Crippen LogP contribution in [-0.2, 0) is 21.4 Å². The lowest BCUT2D eigenvalue weighted by Gasteiger charge is -2.39. The van der Waals surface area contributed by atoms with Crippen LogP contribution in [0.3, 0.4) is 0 Å². The lowest BCUT2D eigenvalue weighted by atomic mass is 10.0. The minimum absolute atomic E-state index is 0.134. The molecule has 0 N–H and O–H groups in total. The predicted octanol–water partition coefficient (Wildman–Crippen LogP) is 4.49. The van der Waals surface area contributed by atoms with Crippen molar-refractivity contribution in [3.8, 4) is 0 Å². The highest BCUT2D eigenvalue weighted by Gasteiger charge is 2.38. The van der Waals surface area contributed by atoms with Gasteiger partial charge in [-0.3, -0.25) is 4.90 Å². The first-order chi connectivity index (χ1) is 16.7. The average molecular weight is 502 g/mol. The molecule has 0 aromatic heterocycles. The number of benzene rings is 3. The summed E-state index contributed by atoms with van der Waals surface area (Å²) < 4.78 is 61.5. The monoisotopic (exact) mass is 501 g/mol. The fraction of sp³-hybridized carbons (Fsp3) is 0.320. The summed E-state index contributed by atoms with van der Waals surface area (Å²) in [6.45, 7) is 0.226. The van der Waals surface area contributed by atoms with E-state index in [9.17, 15) is 22.0 Å². The van der Waals surface area contributed by atoms with Crippen molar-refractivity contribution in [1.29, 1.82) is 0 Å². The van der Waals surface area contributed by atoms with Crippen molar-refractivity contribution in [3.63, 3.8) is 0 Å². The largest absolute Gasteiger partial charge is 0.444 e. The van der Waals surface area contributed by atoms with Gasteiger partial charge in [0.1, 0.15) is 6.61 Å². The maximum atomic E-state index is 13.9. The van der Waals surface area contributed by atoms with E-state index in [1.165, 1.54) is 9.21 Å². The Morgan fingerprint density at radius 2 is 1.63 bits per heavy atom. The Hall–Kier alpha value is -3.24. The average Bonchev–Trinajstić information content (AvgIpc) is 2.84. The third-order valence-corrected chi connectivity index (χ3v) is 8.63. The molecule has 0 aliphatic carbocycles. The van der Waals surface area contributed by atoms with Gasteiger partial charge in [-0.15, -0.1) is 0 Å². The van der Waals surface area contributed by atoms with Crippen molar-refractivity contribution in [1.82, 2.24) is 4.31 Å². The first kappa shape index (κ1) is 23.5. The number of sulfonamides is 1. The molecular formula is C25H25F2N3O4S. The van der Waals surface area contributed by atoms with Gasteiger partial charge >= 0.3 is 6.09 Å². The van der Waals surface area contributed by atoms with Crippen LogP contribution in [0.15, 0.2) is 53.4 Å². The number of amides is 1. The van der Waals surface area contributed by atoms with E-state index in [2.05, 4.69) is 0 Å². The van der Waals surface area contributed by atoms with Crippen LogP contribution >= 0.6 is 0 Å². The molecule has 35 heavy (non-hydrogen) atoms. The lowest BCUT2D eigenvalue weighted by molar-refractivity contribution is 0.135. The number of ether oxygens (including phenoxy) is 1. The maximum Gasteiger partial charge on any atom is 0.414 e. The molecule has 7 nitrogen and oxygen atoms in total. The minimum atomic E-state index is -3.80. The number of halogens is 2. The van der Waals surface area contributed by atoms with Crippen molar-refractivity contribution in [2.45, 2.75) is 30.4 Å². The van der Waals surface area contributed by atoms with E-state index in [1.807, 2.05) is 37.2 Å². The second-order valence-electron chi connectivity index (χ2n) is 8.98.